The van der Waals surface area contributed by atoms with Crippen LogP contribution in [0.2, 0.25) is 0 Å². The fraction of sp³-hybridized carbons (Fsp3) is 0.281. The van der Waals surface area contributed by atoms with Gasteiger partial charge in [0.2, 0.25) is 10.0 Å². The van der Waals surface area contributed by atoms with E-state index in [1.165, 1.54) is 10.4 Å². The number of nitrogens with zero attached hydrogens (tertiary/aromatic N) is 3. The van der Waals surface area contributed by atoms with Crippen LogP contribution in [-0.2, 0) is 24.3 Å². The van der Waals surface area contributed by atoms with Crippen LogP contribution in [0.25, 0.3) is 22.2 Å². The molecule has 0 bridgehead atoms. The zero-order valence-electron chi connectivity index (χ0n) is 23.6. The number of para-hydroxylation sites is 1. The topological polar surface area (TPSA) is 118 Å². The van der Waals surface area contributed by atoms with Crippen molar-refractivity contribution >= 4 is 44.2 Å². The first-order valence-electron chi connectivity index (χ1n) is 14.3. The van der Waals surface area contributed by atoms with E-state index >= 15 is 0 Å². The van der Waals surface area contributed by atoms with E-state index in [1.807, 2.05) is 48.5 Å². The van der Waals surface area contributed by atoms with Gasteiger partial charge in [-0.25, -0.2) is 18.2 Å². The van der Waals surface area contributed by atoms with E-state index in [2.05, 4.69) is 10.2 Å². The second-order valence-electron chi connectivity index (χ2n) is 10.5. The van der Waals surface area contributed by atoms with Gasteiger partial charge in [-0.2, -0.15) is 4.31 Å². The van der Waals surface area contributed by atoms with Crippen molar-refractivity contribution in [3.8, 4) is 11.3 Å². The van der Waals surface area contributed by atoms with Gasteiger partial charge in [0.25, 0.3) is 5.91 Å². The third-order valence-corrected chi connectivity index (χ3v) is 9.53. The van der Waals surface area contributed by atoms with Crippen molar-refractivity contribution in [3.05, 3.63) is 84.4 Å². The van der Waals surface area contributed by atoms with Crippen molar-refractivity contribution < 1.29 is 27.5 Å². The van der Waals surface area contributed by atoms with Crippen LogP contribution in [-0.4, -0.2) is 75.6 Å². The Kier molecular flexibility index (Phi) is 8.37. The van der Waals surface area contributed by atoms with Gasteiger partial charge in [0, 0.05) is 37.1 Å². The van der Waals surface area contributed by atoms with Gasteiger partial charge >= 0.3 is 5.97 Å². The number of fused-ring (bicyclic) bond motifs is 1. The molecular weight excluding hydrogens is 568 g/mol. The summed E-state index contributed by atoms with van der Waals surface area (Å²) in [5, 5.41) is 3.42. The van der Waals surface area contributed by atoms with Crippen LogP contribution in [0.3, 0.4) is 0 Å². The summed E-state index contributed by atoms with van der Waals surface area (Å²) in [6.07, 6.45) is 2.01. The second kappa shape index (κ2) is 12.5. The maximum atomic E-state index is 13.3. The van der Waals surface area contributed by atoms with Crippen LogP contribution in [0, 0.1) is 0 Å². The first kappa shape index (κ1) is 28.8. The molecule has 0 spiro atoms. The number of esters is 1. The van der Waals surface area contributed by atoms with E-state index in [9.17, 15) is 18.0 Å². The van der Waals surface area contributed by atoms with Crippen LogP contribution in [0.4, 0.5) is 11.4 Å². The fourth-order valence-corrected chi connectivity index (χ4v) is 6.88. The van der Waals surface area contributed by atoms with Crippen LogP contribution < -0.4 is 10.2 Å². The normalized spacial score (nSPS) is 15.9. The standard InChI is InChI=1S/C32H32N4O6S/c37-31(22-42-32(38)26-21-28(23-8-2-1-3-9-23)33-27-11-5-4-10-25(26)27)34-29-20-24(12-13-30(29)35-14-6-7-15-35)43(39,40)36-16-18-41-19-17-36/h1-5,8-13,20-21H,6-7,14-19,22H2,(H,34,37). The number of morpholine rings is 1. The quantitative estimate of drug-likeness (QED) is 0.297. The highest BCUT2D eigenvalue weighted by molar-refractivity contribution is 7.89. The van der Waals surface area contributed by atoms with Crippen molar-refractivity contribution in [1.82, 2.24) is 9.29 Å². The lowest BCUT2D eigenvalue weighted by Crippen LogP contribution is -2.40. The number of nitrogens with one attached hydrogen (secondary N) is 1. The van der Waals surface area contributed by atoms with Gasteiger partial charge < -0.3 is 19.7 Å². The fourth-order valence-electron chi connectivity index (χ4n) is 5.44. The molecule has 2 fully saturated rings. The highest BCUT2D eigenvalue weighted by Crippen LogP contribution is 2.33. The number of aromatic nitrogens is 1. The molecule has 3 aromatic carbocycles. The molecule has 2 aliphatic heterocycles. The molecule has 10 nitrogen and oxygen atoms in total. The molecule has 1 amide bonds. The van der Waals surface area contributed by atoms with E-state index in [-0.39, 0.29) is 18.0 Å². The van der Waals surface area contributed by atoms with Crippen molar-refractivity contribution in [1.29, 1.82) is 0 Å². The second-order valence-corrected chi connectivity index (χ2v) is 12.4. The Hall–Kier alpha value is -4.32. The van der Waals surface area contributed by atoms with Crippen LogP contribution >= 0.6 is 0 Å². The van der Waals surface area contributed by atoms with Gasteiger partial charge in [-0.05, 0) is 43.2 Å². The van der Waals surface area contributed by atoms with Crippen molar-refractivity contribution in [2.24, 2.45) is 0 Å². The molecule has 0 unspecified atom stereocenters. The SMILES string of the molecule is O=C(COC(=O)c1cc(-c2ccccc2)nc2ccccc12)Nc1cc(S(=O)(=O)N2CCOCC2)ccc1N1CCCC1. The van der Waals surface area contributed by atoms with Crippen molar-refractivity contribution in [3.63, 3.8) is 0 Å². The number of ether oxygens (including phenoxy) is 2. The molecule has 0 atom stereocenters. The van der Waals surface area contributed by atoms with Crippen molar-refractivity contribution in [2.75, 3.05) is 56.2 Å². The van der Waals surface area contributed by atoms with Crippen LogP contribution in [0.1, 0.15) is 23.2 Å². The highest BCUT2D eigenvalue weighted by atomic mass is 32.2. The van der Waals surface area contributed by atoms with Crippen LogP contribution in [0.5, 0.6) is 0 Å². The summed E-state index contributed by atoms with van der Waals surface area (Å²) in [6, 6.07) is 23.2. The average Bonchev–Trinajstić information content (AvgIpc) is 3.59. The molecule has 2 saturated heterocycles. The third kappa shape index (κ3) is 6.24. The summed E-state index contributed by atoms with van der Waals surface area (Å²) in [5.41, 5.74) is 3.48. The molecule has 11 heteroatoms. The summed E-state index contributed by atoms with van der Waals surface area (Å²) >= 11 is 0. The van der Waals surface area contributed by atoms with Gasteiger partial charge in [0.05, 0.1) is 46.3 Å². The van der Waals surface area contributed by atoms with E-state index < -0.39 is 28.5 Å². The van der Waals surface area contributed by atoms with Gasteiger partial charge in [-0.1, -0.05) is 48.5 Å². The van der Waals surface area contributed by atoms with Crippen molar-refractivity contribution in [2.45, 2.75) is 17.7 Å². The van der Waals surface area contributed by atoms with Crippen LogP contribution in [0.15, 0.2) is 83.8 Å². The first-order valence-corrected chi connectivity index (χ1v) is 15.7. The monoisotopic (exact) mass is 600 g/mol. The Morgan fingerprint density at radius 2 is 1.60 bits per heavy atom. The highest BCUT2D eigenvalue weighted by Gasteiger charge is 2.28. The van der Waals surface area contributed by atoms with Gasteiger partial charge in [-0.15, -0.1) is 0 Å². The minimum Gasteiger partial charge on any atom is -0.452 e. The number of hydrogen-bond donors (Lipinski definition) is 1. The Bertz CT molecular complexity index is 1750. The number of rotatable bonds is 8. The number of anilines is 2. The maximum absolute atomic E-state index is 13.3. The summed E-state index contributed by atoms with van der Waals surface area (Å²) in [7, 11) is -3.78. The lowest BCUT2D eigenvalue weighted by atomic mass is 10.0. The molecule has 1 N–H and O–H groups in total. The summed E-state index contributed by atoms with van der Waals surface area (Å²) in [6.45, 7) is 2.25. The Balaban J connectivity index is 1.22. The molecule has 0 radical (unpaired) electrons. The molecule has 43 heavy (non-hydrogen) atoms. The lowest BCUT2D eigenvalue weighted by molar-refractivity contribution is -0.119. The minimum absolute atomic E-state index is 0.0846. The lowest BCUT2D eigenvalue weighted by Gasteiger charge is -2.27. The molecule has 2 aliphatic rings. The molecule has 0 aliphatic carbocycles. The summed E-state index contributed by atoms with van der Waals surface area (Å²) < 4.78 is 38.9. The molecule has 1 aromatic heterocycles. The third-order valence-electron chi connectivity index (χ3n) is 7.64. The number of amides is 1. The predicted molar refractivity (Wildman–Crippen MR) is 164 cm³/mol. The van der Waals surface area contributed by atoms with E-state index in [1.54, 1.807) is 24.3 Å². The Morgan fingerprint density at radius 3 is 2.37 bits per heavy atom. The van der Waals surface area contributed by atoms with E-state index in [4.69, 9.17) is 14.5 Å². The molecule has 3 heterocycles. The number of benzene rings is 3. The summed E-state index contributed by atoms with van der Waals surface area (Å²) in [5.74, 6) is -1.23. The number of hydrogen-bond acceptors (Lipinski definition) is 8. The minimum atomic E-state index is -3.78. The number of carbonyl (C=O) groups excluding carboxylic acids is 2. The Morgan fingerprint density at radius 1 is 0.884 bits per heavy atom. The number of carbonyl (C=O) groups is 2. The molecular formula is C32H32N4O6S. The van der Waals surface area contributed by atoms with Gasteiger partial charge in [0.1, 0.15) is 0 Å². The average molecular weight is 601 g/mol. The van der Waals surface area contributed by atoms with Gasteiger partial charge in [-0.3, -0.25) is 4.79 Å². The van der Waals surface area contributed by atoms with Gasteiger partial charge in [0.15, 0.2) is 6.61 Å². The molecule has 6 rings (SSSR count). The van der Waals surface area contributed by atoms with E-state index in [0.29, 0.717) is 41.1 Å². The summed E-state index contributed by atoms with van der Waals surface area (Å²) in [4.78, 5) is 33.3. The number of pyridine rings is 1. The zero-order valence-corrected chi connectivity index (χ0v) is 24.4. The smallest absolute Gasteiger partial charge is 0.339 e. The molecule has 0 saturated carbocycles. The largest absolute Gasteiger partial charge is 0.452 e. The Labute approximate surface area is 250 Å². The zero-order chi connectivity index (χ0) is 29.8. The maximum Gasteiger partial charge on any atom is 0.339 e. The molecule has 222 valence electrons. The molecule has 4 aromatic rings. The first-order chi connectivity index (χ1) is 20.9. The number of sulfonamides is 1. The predicted octanol–water partition coefficient (Wildman–Crippen LogP) is 4.32. The van der Waals surface area contributed by atoms with E-state index in [0.717, 1.165) is 37.2 Å².